The quantitative estimate of drug-likeness (QED) is 0.780. The van der Waals surface area contributed by atoms with Gasteiger partial charge in [0.25, 0.3) is 0 Å². The Kier molecular flexibility index (Phi) is 5.68. The van der Waals surface area contributed by atoms with Gasteiger partial charge in [-0.15, -0.1) is 0 Å². The highest BCUT2D eigenvalue weighted by Crippen LogP contribution is 2.39. The number of benzene rings is 1. The van der Waals surface area contributed by atoms with E-state index in [2.05, 4.69) is 39.5 Å². The molecule has 3 aliphatic rings. The number of hydrogen-bond acceptors (Lipinski definition) is 5. The number of likely N-dealkylation sites (tertiary alicyclic amines) is 1. The third-order valence-electron chi connectivity index (χ3n) is 6.70. The Morgan fingerprint density at radius 3 is 3.03 bits per heavy atom. The molecule has 1 aromatic heterocycles. The summed E-state index contributed by atoms with van der Waals surface area (Å²) >= 11 is 0. The van der Waals surface area contributed by atoms with Crippen molar-refractivity contribution in [3.63, 3.8) is 0 Å². The van der Waals surface area contributed by atoms with Crippen LogP contribution in [0.1, 0.15) is 55.6 Å². The van der Waals surface area contributed by atoms with Gasteiger partial charge in [-0.2, -0.15) is 0 Å². The zero-order valence-corrected chi connectivity index (χ0v) is 17.1. The molecule has 0 spiro atoms. The van der Waals surface area contributed by atoms with Crippen molar-refractivity contribution in [3.8, 4) is 5.75 Å². The van der Waals surface area contributed by atoms with Crippen molar-refractivity contribution in [3.05, 3.63) is 53.9 Å². The molecule has 2 aromatic rings. The number of aromatic nitrogens is 1. The Bertz CT molecular complexity index is 807. The Hall–Kier alpha value is -2.11. The molecule has 2 fully saturated rings. The molecular weight excluding hydrogens is 362 g/mol. The maximum atomic E-state index is 6.00. The third kappa shape index (κ3) is 4.41. The van der Waals surface area contributed by atoms with Gasteiger partial charge in [0.15, 0.2) is 6.73 Å². The van der Waals surface area contributed by atoms with Gasteiger partial charge in [0.05, 0.1) is 11.8 Å². The molecule has 1 aromatic carbocycles. The maximum Gasteiger partial charge on any atom is 0.159 e. The number of rotatable bonds is 6. The van der Waals surface area contributed by atoms with Crippen molar-refractivity contribution in [2.24, 2.45) is 0 Å². The van der Waals surface area contributed by atoms with Crippen LogP contribution in [0, 0.1) is 0 Å². The van der Waals surface area contributed by atoms with E-state index >= 15 is 0 Å². The minimum absolute atomic E-state index is 0.461. The van der Waals surface area contributed by atoms with E-state index in [4.69, 9.17) is 9.47 Å². The highest BCUT2D eigenvalue weighted by molar-refractivity contribution is 5.60. The second-order valence-corrected chi connectivity index (χ2v) is 8.66. The molecule has 3 unspecified atom stereocenters. The summed E-state index contributed by atoms with van der Waals surface area (Å²) in [5.41, 5.74) is 3.82. The SMILES string of the molecule is c1cncc(CN2CC(c3ccc4c(c3)OCN4)CC2CCC2CCCCO2)c1. The van der Waals surface area contributed by atoms with Crippen LogP contribution in [0.3, 0.4) is 0 Å². The fourth-order valence-corrected chi connectivity index (χ4v) is 5.11. The van der Waals surface area contributed by atoms with E-state index in [9.17, 15) is 0 Å². The first-order chi connectivity index (χ1) is 14.3. The van der Waals surface area contributed by atoms with Crippen LogP contribution in [-0.4, -0.2) is 41.9 Å². The van der Waals surface area contributed by atoms with Gasteiger partial charge in [0, 0.05) is 38.1 Å². The average Bonchev–Trinajstić information content (AvgIpc) is 3.40. The lowest BCUT2D eigenvalue weighted by molar-refractivity contribution is 0.00628. The standard InChI is InChI=1S/C24H31N3O2/c1-2-11-28-22(5-1)8-7-21-12-20(16-27(21)15-18-4-3-10-25-14-18)19-6-9-23-24(13-19)29-17-26-23/h3-4,6,9-10,13-14,20-22,26H,1-2,5,7-8,11-12,15-17H2. The summed E-state index contributed by atoms with van der Waals surface area (Å²) < 4.78 is 11.7. The number of pyridine rings is 1. The summed E-state index contributed by atoms with van der Waals surface area (Å²) in [7, 11) is 0. The lowest BCUT2D eigenvalue weighted by Gasteiger charge is -2.28. The molecular formula is C24H31N3O2. The number of hydrogen-bond donors (Lipinski definition) is 1. The van der Waals surface area contributed by atoms with E-state index in [-0.39, 0.29) is 0 Å². The highest BCUT2D eigenvalue weighted by Gasteiger charge is 2.34. The first-order valence-corrected chi connectivity index (χ1v) is 11.1. The molecule has 154 valence electrons. The third-order valence-corrected chi connectivity index (χ3v) is 6.70. The molecule has 0 radical (unpaired) electrons. The van der Waals surface area contributed by atoms with Gasteiger partial charge in [0.2, 0.25) is 0 Å². The molecule has 1 N–H and O–H groups in total. The normalized spacial score (nSPS) is 26.7. The summed E-state index contributed by atoms with van der Waals surface area (Å²) in [6, 6.07) is 11.5. The van der Waals surface area contributed by atoms with Crippen LogP contribution >= 0.6 is 0 Å². The van der Waals surface area contributed by atoms with E-state index < -0.39 is 0 Å². The van der Waals surface area contributed by atoms with Crippen LogP contribution in [0.4, 0.5) is 5.69 Å². The monoisotopic (exact) mass is 393 g/mol. The lowest BCUT2D eigenvalue weighted by Crippen LogP contribution is -2.30. The molecule has 5 heteroatoms. The summed E-state index contributed by atoms with van der Waals surface area (Å²) in [6.07, 6.45) is 11.7. The van der Waals surface area contributed by atoms with E-state index in [0.29, 0.717) is 24.8 Å². The molecule has 0 amide bonds. The zero-order valence-electron chi connectivity index (χ0n) is 17.1. The largest absolute Gasteiger partial charge is 0.471 e. The molecule has 0 aliphatic carbocycles. The lowest BCUT2D eigenvalue weighted by atomic mass is 9.93. The second-order valence-electron chi connectivity index (χ2n) is 8.66. The van der Waals surface area contributed by atoms with Crippen LogP contribution in [0.2, 0.25) is 0 Å². The predicted octanol–water partition coefficient (Wildman–Crippen LogP) is 4.55. The molecule has 5 rings (SSSR count). The summed E-state index contributed by atoms with van der Waals surface area (Å²) in [6.45, 7) is 3.60. The second kappa shape index (κ2) is 8.72. The van der Waals surface area contributed by atoms with Crippen molar-refractivity contribution in [2.75, 3.05) is 25.2 Å². The van der Waals surface area contributed by atoms with E-state index in [1.807, 2.05) is 18.5 Å². The van der Waals surface area contributed by atoms with E-state index in [1.165, 1.54) is 49.7 Å². The van der Waals surface area contributed by atoms with Crippen LogP contribution in [-0.2, 0) is 11.3 Å². The Balaban J connectivity index is 1.29. The van der Waals surface area contributed by atoms with Crippen molar-refractivity contribution < 1.29 is 9.47 Å². The summed E-state index contributed by atoms with van der Waals surface area (Å²) in [5.74, 6) is 1.55. The molecule has 0 saturated carbocycles. The Labute approximate surface area is 173 Å². The molecule has 3 atom stereocenters. The number of fused-ring (bicyclic) bond motifs is 1. The van der Waals surface area contributed by atoms with Crippen LogP contribution in [0.15, 0.2) is 42.7 Å². The number of anilines is 1. The fraction of sp³-hybridized carbons (Fsp3) is 0.542. The number of nitrogens with zero attached hydrogens (tertiary/aromatic N) is 2. The van der Waals surface area contributed by atoms with Crippen molar-refractivity contribution in [1.82, 2.24) is 9.88 Å². The summed E-state index contributed by atoms with van der Waals surface area (Å²) in [5, 5.41) is 3.27. The topological polar surface area (TPSA) is 46.6 Å². The predicted molar refractivity (Wildman–Crippen MR) is 114 cm³/mol. The van der Waals surface area contributed by atoms with Gasteiger partial charge in [-0.05, 0) is 73.8 Å². The number of ether oxygens (including phenoxy) is 2. The molecule has 29 heavy (non-hydrogen) atoms. The fourth-order valence-electron chi connectivity index (χ4n) is 5.11. The van der Waals surface area contributed by atoms with Crippen molar-refractivity contribution in [1.29, 1.82) is 0 Å². The van der Waals surface area contributed by atoms with E-state index in [1.54, 1.807) is 0 Å². The van der Waals surface area contributed by atoms with Gasteiger partial charge < -0.3 is 14.8 Å². The van der Waals surface area contributed by atoms with Crippen molar-refractivity contribution in [2.45, 2.75) is 63.1 Å². The van der Waals surface area contributed by atoms with Crippen LogP contribution in [0.25, 0.3) is 0 Å². The minimum atomic E-state index is 0.461. The molecule has 5 nitrogen and oxygen atoms in total. The summed E-state index contributed by atoms with van der Waals surface area (Å²) in [4.78, 5) is 6.98. The van der Waals surface area contributed by atoms with Crippen LogP contribution < -0.4 is 10.1 Å². The average molecular weight is 394 g/mol. The maximum absolute atomic E-state index is 6.00. The van der Waals surface area contributed by atoms with Gasteiger partial charge in [-0.25, -0.2) is 0 Å². The zero-order chi connectivity index (χ0) is 19.5. The number of nitrogens with one attached hydrogen (secondary N) is 1. The van der Waals surface area contributed by atoms with Gasteiger partial charge in [-0.1, -0.05) is 12.1 Å². The molecule has 0 bridgehead atoms. The van der Waals surface area contributed by atoms with Crippen LogP contribution in [0.5, 0.6) is 5.75 Å². The Morgan fingerprint density at radius 2 is 2.17 bits per heavy atom. The highest BCUT2D eigenvalue weighted by atomic mass is 16.5. The van der Waals surface area contributed by atoms with Crippen molar-refractivity contribution >= 4 is 5.69 Å². The molecule has 3 aliphatic heterocycles. The Morgan fingerprint density at radius 1 is 1.17 bits per heavy atom. The minimum Gasteiger partial charge on any atom is -0.471 e. The first-order valence-electron chi connectivity index (χ1n) is 11.1. The van der Waals surface area contributed by atoms with Gasteiger partial charge in [-0.3, -0.25) is 9.88 Å². The first kappa shape index (κ1) is 18.9. The van der Waals surface area contributed by atoms with E-state index in [0.717, 1.165) is 31.1 Å². The smallest absolute Gasteiger partial charge is 0.159 e. The van der Waals surface area contributed by atoms with Gasteiger partial charge in [0.1, 0.15) is 5.75 Å². The molecule has 2 saturated heterocycles. The van der Waals surface area contributed by atoms with Gasteiger partial charge >= 0.3 is 0 Å². The molecule has 4 heterocycles.